The largest absolute Gasteiger partial charge is 0.370 e. The number of pyridine rings is 2. The zero-order valence-corrected chi connectivity index (χ0v) is 22.5. The molecule has 1 aliphatic rings. The van der Waals surface area contributed by atoms with Gasteiger partial charge in [0.1, 0.15) is 17.5 Å². The van der Waals surface area contributed by atoms with Crippen LogP contribution in [0.5, 0.6) is 0 Å². The highest BCUT2D eigenvalue weighted by molar-refractivity contribution is 5.97. The summed E-state index contributed by atoms with van der Waals surface area (Å²) in [5, 5.41) is 18.3. The average molecular weight is 475 g/mol. The summed E-state index contributed by atoms with van der Waals surface area (Å²) >= 11 is 0. The van der Waals surface area contributed by atoms with Crippen LogP contribution in [0.4, 0.5) is 11.5 Å². The van der Waals surface area contributed by atoms with Gasteiger partial charge in [0.05, 0.1) is 11.2 Å². The molecule has 188 valence electrons. The number of piperidine rings is 1. The quantitative estimate of drug-likeness (QED) is 0.438. The summed E-state index contributed by atoms with van der Waals surface area (Å²) in [4.78, 5) is 11.2. The molecule has 1 aliphatic heterocycles. The van der Waals surface area contributed by atoms with E-state index in [1.807, 2.05) is 58.0 Å². The fourth-order valence-electron chi connectivity index (χ4n) is 4.30. The van der Waals surface area contributed by atoms with Crippen LogP contribution in [0.1, 0.15) is 72.4 Å². The maximum Gasteiger partial charge on any atom is 0.147 e. The van der Waals surface area contributed by atoms with E-state index in [9.17, 15) is 5.26 Å². The number of hydrogen-bond donors (Lipinski definition) is 2. The molecule has 2 aromatic heterocycles. The zero-order chi connectivity index (χ0) is 25.8. The van der Waals surface area contributed by atoms with E-state index in [2.05, 4.69) is 53.4 Å². The van der Waals surface area contributed by atoms with Gasteiger partial charge in [-0.05, 0) is 57.4 Å². The van der Waals surface area contributed by atoms with Crippen molar-refractivity contribution in [3.8, 4) is 6.07 Å². The van der Waals surface area contributed by atoms with Crippen molar-refractivity contribution >= 4 is 22.4 Å². The van der Waals surface area contributed by atoms with E-state index in [1.165, 1.54) is 0 Å². The molecule has 2 N–H and O–H groups in total. The fourth-order valence-corrected chi connectivity index (χ4v) is 4.30. The van der Waals surface area contributed by atoms with Gasteiger partial charge in [0.25, 0.3) is 0 Å². The summed E-state index contributed by atoms with van der Waals surface area (Å²) in [6.07, 6.45) is 5.66. The summed E-state index contributed by atoms with van der Waals surface area (Å²) in [5.41, 5.74) is 3.74. The first-order valence-electron chi connectivity index (χ1n) is 12.9. The molecule has 1 fully saturated rings. The second-order valence-corrected chi connectivity index (χ2v) is 9.18. The summed E-state index contributed by atoms with van der Waals surface area (Å²) in [7, 11) is 0. The Morgan fingerprint density at radius 1 is 1.00 bits per heavy atom. The number of fused-ring (bicyclic) bond motifs is 1. The molecule has 0 radical (unpaired) electrons. The molecule has 1 aromatic carbocycles. The van der Waals surface area contributed by atoms with Gasteiger partial charge >= 0.3 is 0 Å². The first-order chi connectivity index (χ1) is 16.9. The maximum atomic E-state index is 10.1. The number of nitrogens with zero attached hydrogens (tertiary/aromatic N) is 4. The molecule has 3 aromatic rings. The topological polar surface area (TPSA) is 76.9 Å². The van der Waals surface area contributed by atoms with Crippen LogP contribution in [0.25, 0.3) is 10.9 Å². The fraction of sp³-hybridized carbons (Fsp3) is 0.483. The highest BCUT2D eigenvalue weighted by Crippen LogP contribution is 2.35. The van der Waals surface area contributed by atoms with E-state index in [0.717, 1.165) is 48.1 Å². The lowest BCUT2D eigenvalue weighted by Crippen LogP contribution is -2.49. The van der Waals surface area contributed by atoms with Gasteiger partial charge in [-0.1, -0.05) is 45.9 Å². The minimum atomic E-state index is 0.109. The molecule has 0 spiro atoms. The molecular formula is C29H42N6. The van der Waals surface area contributed by atoms with Gasteiger partial charge in [0.2, 0.25) is 0 Å². The third kappa shape index (κ3) is 7.66. The van der Waals surface area contributed by atoms with Gasteiger partial charge in [-0.25, -0.2) is 4.98 Å². The highest BCUT2D eigenvalue weighted by atomic mass is 15.2. The number of nitriles is 1. The van der Waals surface area contributed by atoms with E-state index < -0.39 is 0 Å². The van der Waals surface area contributed by atoms with E-state index in [1.54, 1.807) is 12.4 Å². The number of anilines is 2. The molecule has 0 atom stereocenters. The molecule has 0 saturated carbocycles. The monoisotopic (exact) mass is 474 g/mol. The highest BCUT2D eigenvalue weighted by Gasteiger charge is 2.26. The van der Waals surface area contributed by atoms with Crippen molar-refractivity contribution in [3.05, 3.63) is 59.9 Å². The van der Waals surface area contributed by atoms with Gasteiger partial charge in [-0.2, -0.15) is 5.26 Å². The van der Waals surface area contributed by atoms with E-state index in [4.69, 9.17) is 4.98 Å². The van der Waals surface area contributed by atoms with Crippen LogP contribution in [-0.4, -0.2) is 34.6 Å². The van der Waals surface area contributed by atoms with Crippen LogP contribution < -0.4 is 15.5 Å². The van der Waals surface area contributed by atoms with Gasteiger partial charge in [-0.3, -0.25) is 4.98 Å². The molecule has 4 rings (SSSR count). The molecule has 0 unspecified atom stereocenters. The summed E-state index contributed by atoms with van der Waals surface area (Å²) in [6.45, 7) is 17.1. The molecular weight excluding hydrogens is 432 g/mol. The Labute approximate surface area is 211 Å². The van der Waals surface area contributed by atoms with Gasteiger partial charge in [0.15, 0.2) is 0 Å². The van der Waals surface area contributed by atoms with E-state index in [-0.39, 0.29) is 5.54 Å². The Balaban J connectivity index is 0.00000103. The van der Waals surface area contributed by atoms with Crippen molar-refractivity contribution < 1.29 is 0 Å². The molecule has 0 amide bonds. The van der Waals surface area contributed by atoms with Crippen molar-refractivity contribution in [3.63, 3.8) is 0 Å². The SMILES string of the molecule is CC.CC.CC(C)(C)NC1CCN(c2c(C#N)c(NCc3ccncc3)nc3ccccc23)CC1. The lowest BCUT2D eigenvalue weighted by atomic mass is 9.98. The number of hydrogen-bond acceptors (Lipinski definition) is 6. The molecule has 6 nitrogen and oxygen atoms in total. The van der Waals surface area contributed by atoms with Crippen LogP contribution in [0.2, 0.25) is 0 Å². The van der Waals surface area contributed by atoms with Gasteiger partial charge in [0, 0.05) is 49.0 Å². The maximum absolute atomic E-state index is 10.1. The second kappa shape index (κ2) is 13.7. The third-order valence-electron chi connectivity index (χ3n) is 5.63. The third-order valence-corrected chi connectivity index (χ3v) is 5.63. The van der Waals surface area contributed by atoms with Gasteiger partial charge in [-0.15, -0.1) is 0 Å². The van der Waals surface area contributed by atoms with E-state index in [0.29, 0.717) is 24.0 Å². The smallest absolute Gasteiger partial charge is 0.147 e. The predicted molar refractivity (Wildman–Crippen MR) is 149 cm³/mol. The standard InChI is InChI=1S/C25H30N6.2C2H6/c1-25(2,3)30-19-10-14-31(15-11-19)23-20-6-4-5-7-22(20)29-24(21(23)16-26)28-17-18-8-12-27-13-9-18;2*1-2/h4-9,12-13,19,30H,10-11,14-15,17H2,1-3H3,(H,28,29);2*1-2H3. The minimum Gasteiger partial charge on any atom is -0.370 e. The molecule has 6 heteroatoms. The predicted octanol–water partition coefficient (Wildman–Crippen LogP) is 6.52. The number of aromatic nitrogens is 2. The summed E-state index contributed by atoms with van der Waals surface area (Å²) in [5.74, 6) is 0.642. The van der Waals surface area contributed by atoms with Crippen LogP contribution in [0, 0.1) is 11.3 Å². The number of benzene rings is 1. The normalized spacial score (nSPS) is 13.7. The van der Waals surface area contributed by atoms with Crippen LogP contribution in [0.15, 0.2) is 48.8 Å². The number of rotatable bonds is 5. The molecule has 0 bridgehead atoms. The van der Waals surface area contributed by atoms with Gasteiger partial charge < -0.3 is 15.5 Å². The average Bonchev–Trinajstić information content (AvgIpc) is 2.89. The van der Waals surface area contributed by atoms with Crippen molar-refractivity contribution in [1.82, 2.24) is 15.3 Å². The van der Waals surface area contributed by atoms with Crippen molar-refractivity contribution in [2.75, 3.05) is 23.3 Å². The molecule has 3 heterocycles. The van der Waals surface area contributed by atoms with E-state index >= 15 is 0 Å². The van der Waals surface area contributed by atoms with Crippen molar-refractivity contribution in [2.24, 2.45) is 0 Å². The Hall–Kier alpha value is -3.17. The van der Waals surface area contributed by atoms with Crippen LogP contribution in [0.3, 0.4) is 0 Å². The lowest BCUT2D eigenvalue weighted by molar-refractivity contribution is 0.317. The summed E-state index contributed by atoms with van der Waals surface area (Å²) < 4.78 is 0. The van der Waals surface area contributed by atoms with Crippen molar-refractivity contribution in [1.29, 1.82) is 5.26 Å². The lowest BCUT2D eigenvalue weighted by Gasteiger charge is -2.38. The second-order valence-electron chi connectivity index (χ2n) is 9.18. The minimum absolute atomic E-state index is 0.109. The Bertz CT molecular complexity index is 1070. The first-order valence-corrected chi connectivity index (χ1v) is 12.9. The molecule has 35 heavy (non-hydrogen) atoms. The first kappa shape index (κ1) is 28.1. The Kier molecular flexibility index (Phi) is 10.9. The van der Waals surface area contributed by atoms with Crippen LogP contribution >= 0.6 is 0 Å². The summed E-state index contributed by atoms with van der Waals surface area (Å²) in [6, 6.07) is 15.0. The molecule has 1 saturated heterocycles. The number of nitrogens with one attached hydrogen (secondary N) is 2. The zero-order valence-electron chi connectivity index (χ0n) is 22.5. The Morgan fingerprint density at radius 3 is 2.23 bits per heavy atom. The van der Waals surface area contributed by atoms with Crippen molar-refractivity contribution in [2.45, 2.75) is 79.4 Å². The number of para-hydroxylation sites is 1. The van der Waals surface area contributed by atoms with Crippen LogP contribution in [-0.2, 0) is 6.54 Å². The molecule has 0 aliphatic carbocycles. The Morgan fingerprint density at radius 2 is 1.63 bits per heavy atom.